The van der Waals surface area contributed by atoms with Gasteiger partial charge in [0, 0.05) is 33.3 Å². The van der Waals surface area contributed by atoms with Crippen molar-refractivity contribution in [3.05, 3.63) is 71.4 Å². The van der Waals surface area contributed by atoms with Gasteiger partial charge in [-0.25, -0.2) is 0 Å². The topological polar surface area (TPSA) is 38.9 Å². The molecule has 0 aliphatic heterocycles. The Labute approximate surface area is 133 Å². The van der Waals surface area contributed by atoms with Crippen molar-refractivity contribution in [2.24, 2.45) is 5.73 Å². The minimum absolute atomic E-state index is 0.0166. The third-order valence-corrected chi connectivity index (χ3v) is 4.68. The Hall–Kier alpha value is -1.55. The number of halogens is 1. The first kappa shape index (κ1) is 14.4. The fourth-order valence-electron chi connectivity index (χ4n) is 2.13. The normalized spacial score (nSPS) is 12.5. The highest BCUT2D eigenvalue weighted by atomic mass is 35.5. The van der Waals surface area contributed by atoms with E-state index in [-0.39, 0.29) is 6.04 Å². The monoisotopic (exact) mass is 314 g/mol. The lowest BCUT2D eigenvalue weighted by atomic mass is 10.1. The van der Waals surface area contributed by atoms with Gasteiger partial charge in [0.05, 0.1) is 5.52 Å². The van der Waals surface area contributed by atoms with E-state index in [9.17, 15) is 0 Å². The summed E-state index contributed by atoms with van der Waals surface area (Å²) in [6.45, 7) is 0. The van der Waals surface area contributed by atoms with Crippen LogP contribution in [-0.4, -0.2) is 10.7 Å². The van der Waals surface area contributed by atoms with Crippen LogP contribution in [-0.2, 0) is 0 Å². The van der Waals surface area contributed by atoms with Crippen LogP contribution in [0.3, 0.4) is 0 Å². The summed E-state index contributed by atoms with van der Waals surface area (Å²) in [5.41, 5.74) is 8.39. The smallest absolute Gasteiger partial charge is 0.0705 e. The van der Waals surface area contributed by atoms with Crippen molar-refractivity contribution in [1.29, 1.82) is 0 Å². The Morgan fingerprint density at radius 2 is 1.90 bits per heavy atom. The Morgan fingerprint density at radius 3 is 2.71 bits per heavy atom. The summed E-state index contributed by atoms with van der Waals surface area (Å²) in [6, 6.07) is 18.0. The molecule has 2 nitrogen and oxygen atoms in total. The lowest BCUT2D eigenvalue weighted by molar-refractivity contribution is 0.832. The van der Waals surface area contributed by atoms with Gasteiger partial charge in [0.15, 0.2) is 0 Å². The molecule has 1 unspecified atom stereocenters. The van der Waals surface area contributed by atoms with Crippen LogP contribution in [0.1, 0.15) is 11.6 Å². The molecule has 0 aliphatic rings. The second-order valence-corrected chi connectivity index (χ2v) is 6.36. The van der Waals surface area contributed by atoms with Crippen molar-refractivity contribution in [3.63, 3.8) is 0 Å². The Bertz CT molecular complexity index is 743. The molecule has 1 heterocycles. The van der Waals surface area contributed by atoms with Gasteiger partial charge in [0.2, 0.25) is 0 Å². The molecule has 0 spiro atoms. The summed E-state index contributed by atoms with van der Waals surface area (Å²) in [6.07, 6.45) is 1.81. The molecule has 3 aromatic rings. The summed E-state index contributed by atoms with van der Waals surface area (Å²) < 4.78 is 0. The van der Waals surface area contributed by atoms with Crippen LogP contribution >= 0.6 is 23.4 Å². The third kappa shape index (κ3) is 3.56. The fourth-order valence-corrected chi connectivity index (χ4v) is 3.15. The van der Waals surface area contributed by atoms with E-state index in [2.05, 4.69) is 29.2 Å². The van der Waals surface area contributed by atoms with Crippen molar-refractivity contribution < 1.29 is 0 Å². The summed E-state index contributed by atoms with van der Waals surface area (Å²) in [7, 11) is 0. The number of pyridine rings is 1. The predicted octanol–water partition coefficient (Wildman–Crippen LogP) is 4.68. The summed E-state index contributed by atoms with van der Waals surface area (Å²) in [5.74, 6) is 0.819. The number of fused-ring (bicyclic) bond motifs is 1. The van der Waals surface area contributed by atoms with E-state index in [1.807, 2.05) is 30.3 Å². The molecule has 2 aromatic carbocycles. The maximum Gasteiger partial charge on any atom is 0.0705 e. The van der Waals surface area contributed by atoms with Gasteiger partial charge < -0.3 is 5.73 Å². The second-order valence-electron chi connectivity index (χ2n) is 4.83. The van der Waals surface area contributed by atoms with Gasteiger partial charge in [-0.05, 0) is 42.0 Å². The molecule has 1 aromatic heterocycles. The Balaban J connectivity index is 1.71. The molecule has 1 atom stereocenters. The summed E-state index contributed by atoms with van der Waals surface area (Å²) in [4.78, 5) is 5.55. The maximum absolute atomic E-state index is 6.29. The number of rotatable bonds is 4. The number of benzene rings is 2. The number of hydrogen-bond acceptors (Lipinski definition) is 3. The van der Waals surface area contributed by atoms with Crippen LogP contribution in [0.4, 0.5) is 0 Å². The second kappa shape index (κ2) is 6.48. The molecule has 0 saturated heterocycles. The van der Waals surface area contributed by atoms with E-state index in [1.165, 1.54) is 4.90 Å². The van der Waals surface area contributed by atoms with E-state index < -0.39 is 0 Å². The minimum Gasteiger partial charge on any atom is -0.323 e. The van der Waals surface area contributed by atoms with E-state index in [0.717, 1.165) is 27.2 Å². The number of hydrogen-bond donors (Lipinski definition) is 1. The molecule has 0 fully saturated rings. The third-order valence-electron chi connectivity index (χ3n) is 3.30. The van der Waals surface area contributed by atoms with Gasteiger partial charge >= 0.3 is 0 Å². The fraction of sp³-hybridized carbons (Fsp3) is 0.118. The molecular weight excluding hydrogens is 300 g/mol. The van der Waals surface area contributed by atoms with Crippen molar-refractivity contribution in [1.82, 2.24) is 4.98 Å². The van der Waals surface area contributed by atoms with Gasteiger partial charge in [-0.15, -0.1) is 11.8 Å². The van der Waals surface area contributed by atoms with E-state index in [1.54, 1.807) is 18.0 Å². The maximum atomic E-state index is 6.29. The van der Waals surface area contributed by atoms with Crippen LogP contribution < -0.4 is 5.73 Å². The molecule has 0 saturated carbocycles. The number of thioether (sulfide) groups is 1. The molecule has 0 radical (unpaired) electrons. The van der Waals surface area contributed by atoms with Crippen LogP contribution in [0.2, 0.25) is 5.02 Å². The summed E-state index contributed by atoms with van der Waals surface area (Å²) in [5, 5.41) is 1.89. The first-order valence-electron chi connectivity index (χ1n) is 6.71. The molecule has 2 N–H and O–H groups in total. The van der Waals surface area contributed by atoms with E-state index in [4.69, 9.17) is 17.3 Å². The van der Waals surface area contributed by atoms with Gasteiger partial charge in [-0.3, -0.25) is 4.98 Å². The van der Waals surface area contributed by atoms with Crippen molar-refractivity contribution >= 4 is 34.3 Å². The van der Waals surface area contributed by atoms with Crippen molar-refractivity contribution in [2.45, 2.75) is 10.9 Å². The standard InChI is InChI=1S/C17H15ClN2S/c18-14-5-7-15(8-6-14)21-11-16(19)13-4-3-12-2-1-9-20-17(12)10-13/h1-10,16H,11,19H2. The summed E-state index contributed by atoms with van der Waals surface area (Å²) >= 11 is 7.62. The van der Waals surface area contributed by atoms with E-state index in [0.29, 0.717) is 0 Å². The Morgan fingerprint density at radius 1 is 1.10 bits per heavy atom. The zero-order valence-corrected chi connectivity index (χ0v) is 12.9. The average molecular weight is 315 g/mol. The van der Waals surface area contributed by atoms with E-state index >= 15 is 0 Å². The highest BCUT2D eigenvalue weighted by molar-refractivity contribution is 7.99. The highest BCUT2D eigenvalue weighted by Gasteiger charge is 2.08. The zero-order chi connectivity index (χ0) is 14.7. The highest BCUT2D eigenvalue weighted by Crippen LogP contribution is 2.26. The van der Waals surface area contributed by atoms with Crippen LogP contribution in [0.5, 0.6) is 0 Å². The minimum atomic E-state index is -0.0166. The molecule has 0 aliphatic carbocycles. The van der Waals surface area contributed by atoms with Gasteiger partial charge in [-0.2, -0.15) is 0 Å². The van der Waals surface area contributed by atoms with Crippen LogP contribution in [0.15, 0.2) is 65.7 Å². The largest absolute Gasteiger partial charge is 0.323 e. The quantitative estimate of drug-likeness (QED) is 0.711. The first-order valence-corrected chi connectivity index (χ1v) is 8.07. The zero-order valence-electron chi connectivity index (χ0n) is 11.4. The Kier molecular flexibility index (Phi) is 4.44. The van der Waals surface area contributed by atoms with Crippen LogP contribution in [0.25, 0.3) is 10.9 Å². The molecule has 4 heteroatoms. The number of aromatic nitrogens is 1. The van der Waals surface area contributed by atoms with Gasteiger partial charge in [0.25, 0.3) is 0 Å². The molecule has 21 heavy (non-hydrogen) atoms. The lowest BCUT2D eigenvalue weighted by Crippen LogP contribution is -2.12. The van der Waals surface area contributed by atoms with Crippen LogP contribution in [0, 0.1) is 0 Å². The van der Waals surface area contributed by atoms with Crippen molar-refractivity contribution in [2.75, 3.05) is 5.75 Å². The molecule has 0 amide bonds. The molecular formula is C17H15ClN2S. The van der Waals surface area contributed by atoms with Crippen molar-refractivity contribution in [3.8, 4) is 0 Å². The number of nitrogens with two attached hydrogens (primary N) is 1. The predicted molar refractivity (Wildman–Crippen MR) is 90.8 cm³/mol. The van der Waals surface area contributed by atoms with Gasteiger partial charge in [-0.1, -0.05) is 29.8 Å². The average Bonchev–Trinajstić information content (AvgIpc) is 2.53. The molecule has 0 bridgehead atoms. The molecule has 3 rings (SSSR count). The van der Waals surface area contributed by atoms with Gasteiger partial charge in [0.1, 0.15) is 0 Å². The first-order chi connectivity index (χ1) is 10.2. The molecule has 106 valence electrons. The number of nitrogens with zero attached hydrogens (tertiary/aromatic N) is 1. The SMILES string of the molecule is NC(CSc1ccc(Cl)cc1)c1ccc2cccnc2c1. The lowest BCUT2D eigenvalue weighted by Gasteiger charge is -2.12.